The van der Waals surface area contributed by atoms with E-state index >= 15 is 0 Å². The molecule has 1 aliphatic rings. The maximum atomic E-state index is 14.3. The molecule has 0 bridgehead atoms. The number of halogens is 1. The second-order valence-electron chi connectivity index (χ2n) is 6.30. The zero-order valence-electron chi connectivity index (χ0n) is 15.2. The van der Waals surface area contributed by atoms with Crippen LogP contribution in [-0.2, 0) is 9.84 Å². The maximum Gasteiger partial charge on any atom is 0.204 e. The molecule has 9 heteroatoms. The Balaban J connectivity index is 1.85. The Labute approximate surface area is 157 Å². The number of benzene rings is 1. The van der Waals surface area contributed by atoms with E-state index < -0.39 is 15.7 Å². The van der Waals surface area contributed by atoms with E-state index in [1.54, 1.807) is 12.3 Å². The minimum atomic E-state index is -3.48. The van der Waals surface area contributed by atoms with Crippen molar-refractivity contribution in [2.75, 3.05) is 31.8 Å². The number of pyridine rings is 1. The summed E-state index contributed by atoms with van der Waals surface area (Å²) < 4.78 is 48.9. The third kappa shape index (κ3) is 4.67. The van der Waals surface area contributed by atoms with Crippen LogP contribution in [-0.4, -0.2) is 46.0 Å². The highest BCUT2D eigenvalue weighted by atomic mass is 32.2. The summed E-state index contributed by atoms with van der Waals surface area (Å²) in [6.45, 7) is 1.78. The lowest BCUT2D eigenvalue weighted by Gasteiger charge is -2.25. The number of piperidine rings is 1. The van der Waals surface area contributed by atoms with E-state index in [2.05, 4.69) is 15.6 Å². The fraction of sp³-hybridized carbons (Fsp3) is 0.389. The van der Waals surface area contributed by atoms with E-state index in [1.807, 2.05) is 0 Å². The van der Waals surface area contributed by atoms with E-state index in [9.17, 15) is 12.8 Å². The second-order valence-corrected chi connectivity index (χ2v) is 8.31. The van der Waals surface area contributed by atoms with Crippen LogP contribution in [0.1, 0.15) is 12.8 Å². The fourth-order valence-corrected chi connectivity index (χ4v) is 3.49. The Bertz CT molecular complexity index is 915. The van der Waals surface area contributed by atoms with Crippen LogP contribution in [0.2, 0.25) is 0 Å². The summed E-state index contributed by atoms with van der Waals surface area (Å²) in [6.07, 6.45) is 4.41. The van der Waals surface area contributed by atoms with Crippen molar-refractivity contribution in [2.24, 2.45) is 0 Å². The molecule has 0 aliphatic carbocycles. The molecule has 1 aromatic heterocycles. The number of nitrogens with zero attached hydrogens (tertiary/aromatic N) is 1. The van der Waals surface area contributed by atoms with Crippen molar-refractivity contribution >= 4 is 21.3 Å². The quantitative estimate of drug-likeness (QED) is 0.777. The summed E-state index contributed by atoms with van der Waals surface area (Å²) >= 11 is 0. The minimum absolute atomic E-state index is 0.0705. The molecule has 3 rings (SSSR count). The first-order chi connectivity index (χ1) is 12.9. The molecular formula is C18H22FN3O4S. The molecular weight excluding hydrogens is 373 g/mol. The standard InChI is InChI=1S/C18H22FN3O4S/c1-25-17-16(26-12-5-8-20-9-6-12)7-10-21-18(17)22-15-4-3-13(11-14(15)19)27(2,23)24/h3-4,7,10-12,20H,5-6,8-9H2,1-2H3,(H,21,22). The number of nitrogens with one attached hydrogen (secondary N) is 2. The summed E-state index contributed by atoms with van der Waals surface area (Å²) in [6, 6.07) is 5.37. The summed E-state index contributed by atoms with van der Waals surface area (Å²) in [5.74, 6) is 0.471. The number of methoxy groups -OCH3 is 1. The smallest absolute Gasteiger partial charge is 0.204 e. The molecule has 0 spiro atoms. The first-order valence-electron chi connectivity index (χ1n) is 8.55. The van der Waals surface area contributed by atoms with Gasteiger partial charge in [-0.05, 0) is 44.1 Å². The van der Waals surface area contributed by atoms with Crippen LogP contribution < -0.4 is 20.1 Å². The Morgan fingerprint density at radius 1 is 1.26 bits per heavy atom. The van der Waals surface area contributed by atoms with E-state index in [0.717, 1.165) is 38.3 Å². The van der Waals surface area contributed by atoms with Gasteiger partial charge >= 0.3 is 0 Å². The van der Waals surface area contributed by atoms with Gasteiger partial charge in [-0.3, -0.25) is 0 Å². The lowest BCUT2D eigenvalue weighted by molar-refractivity contribution is 0.156. The number of aromatic nitrogens is 1. The van der Waals surface area contributed by atoms with Crippen LogP contribution in [0.3, 0.4) is 0 Å². The molecule has 1 fully saturated rings. The van der Waals surface area contributed by atoms with Crippen LogP contribution in [0, 0.1) is 5.82 Å². The van der Waals surface area contributed by atoms with Crippen molar-refractivity contribution in [1.82, 2.24) is 10.3 Å². The lowest BCUT2D eigenvalue weighted by atomic mass is 10.1. The molecule has 0 amide bonds. The van der Waals surface area contributed by atoms with Gasteiger partial charge in [0.2, 0.25) is 5.75 Å². The summed E-state index contributed by atoms with van der Waals surface area (Å²) in [4.78, 5) is 4.11. The number of ether oxygens (including phenoxy) is 2. The topological polar surface area (TPSA) is 89.6 Å². The minimum Gasteiger partial charge on any atom is -0.490 e. The van der Waals surface area contributed by atoms with Crippen LogP contribution in [0.25, 0.3) is 0 Å². The van der Waals surface area contributed by atoms with Gasteiger partial charge in [0.25, 0.3) is 0 Å². The van der Waals surface area contributed by atoms with Crippen molar-refractivity contribution in [3.05, 3.63) is 36.3 Å². The van der Waals surface area contributed by atoms with Crippen molar-refractivity contribution < 1.29 is 22.3 Å². The number of rotatable bonds is 6. The molecule has 1 saturated heterocycles. The Kier molecular flexibility index (Phi) is 5.81. The van der Waals surface area contributed by atoms with E-state index in [-0.39, 0.29) is 22.5 Å². The molecule has 7 nitrogen and oxygen atoms in total. The SMILES string of the molecule is COc1c(OC2CCNCC2)ccnc1Nc1ccc(S(C)(=O)=O)cc1F. The lowest BCUT2D eigenvalue weighted by Crippen LogP contribution is -2.34. The zero-order valence-corrected chi connectivity index (χ0v) is 16.0. The van der Waals surface area contributed by atoms with Crippen LogP contribution in [0.5, 0.6) is 11.5 Å². The fourth-order valence-electron chi connectivity index (χ4n) is 2.86. The van der Waals surface area contributed by atoms with Crippen molar-refractivity contribution in [1.29, 1.82) is 0 Å². The highest BCUT2D eigenvalue weighted by Gasteiger charge is 2.20. The predicted molar refractivity (Wildman–Crippen MR) is 100 cm³/mol. The van der Waals surface area contributed by atoms with Gasteiger partial charge in [-0.25, -0.2) is 17.8 Å². The summed E-state index contributed by atoms with van der Waals surface area (Å²) in [7, 11) is -2.00. The number of anilines is 2. The van der Waals surface area contributed by atoms with Crippen LogP contribution in [0.15, 0.2) is 35.4 Å². The Morgan fingerprint density at radius 2 is 2.00 bits per heavy atom. The van der Waals surface area contributed by atoms with Crippen molar-refractivity contribution in [3.63, 3.8) is 0 Å². The van der Waals surface area contributed by atoms with Gasteiger partial charge in [-0.2, -0.15) is 0 Å². The normalized spacial score (nSPS) is 15.4. The second kappa shape index (κ2) is 8.10. The number of sulfone groups is 1. The average Bonchev–Trinajstić information content (AvgIpc) is 2.63. The summed E-state index contributed by atoms with van der Waals surface area (Å²) in [5.41, 5.74) is 0.0900. The van der Waals surface area contributed by atoms with Gasteiger partial charge in [0.15, 0.2) is 21.4 Å². The van der Waals surface area contributed by atoms with E-state index in [0.29, 0.717) is 11.5 Å². The molecule has 0 saturated carbocycles. The predicted octanol–water partition coefficient (Wildman–Crippen LogP) is 2.51. The first kappa shape index (κ1) is 19.4. The molecule has 27 heavy (non-hydrogen) atoms. The van der Waals surface area contributed by atoms with Gasteiger partial charge in [0.05, 0.1) is 17.7 Å². The highest BCUT2D eigenvalue weighted by Crippen LogP contribution is 2.36. The Hall–Kier alpha value is -2.39. The van der Waals surface area contributed by atoms with Gasteiger partial charge < -0.3 is 20.1 Å². The monoisotopic (exact) mass is 395 g/mol. The Morgan fingerprint density at radius 3 is 2.63 bits per heavy atom. The maximum absolute atomic E-state index is 14.3. The third-order valence-corrected chi connectivity index (χ3v) is 5.38. The van der Waals surface area contributed by atoms with Gasteiger partial charge in [-0.1, -0.05) is 0 Å². The summed E-state index contributed by atoms with van der Waals surface area (Å²) in [5, 5.41) is 6.12. The molecule has 0 radical (unpaired) electrons. The van der Waals surface area contributed by atoms with Crippen molar-refractivity contribution in [3.8, 4) is 11.5 Å². The van der Waals surface area contributed by atoms with Crippen LogP contribution in [0.4, 0.5) is 15.9 Å². The molecule has 0 atom stereocenters. The van der Waals surface area contributed by atoms with Gasteiger partial charge in [0, 0.05) is 18.5 Å². The number of hydrogen-bond acceptors (Lipinski definition) is 7. The van der Waals surface area contributed by atoms with Gasteiger partial charge in [-0.15, -0.1) is 0 Å². The van der Waals surface area contributed by atoms with E-state index in [4.69, 9.17) is 9.47 Å². The first-order valence-corrected chi connectivity index (χ1v) is 10.4. The molecule has 2 N–H and O–H groups in total. The number of hydrogen-bond donors (Lipinski definition) is 2. The molecule has 2 aromatic rings. The molecule has 146 valence electrons. The van der Waals surface area contributed by atoms with Gasteiger partial charge in [0.1, 0.15) is 11.9 Å². The zero-order chi connectivity index (χ0) is 19.4. The average molecular weight is 395 g/mol. The van der Waals surface area contributed by atoms with E-state index in [1.165, 1.54) is 19.2 Å². The van der Waals surface area contributed by atoms with Crippen molar-refractivity contribution in [2.45, 2.75) is 23.8 Å². The molecule has 1 aliphatic heterocycles. The molecule has 2 heterocycles. The largest absolute Gasteiger partial charge is 0.490 e. The third-order valence-electron chi connectivity index (χ3n) is 4.27. The highest BCUT2D eigenvalue weighted by molar-refractivity contribution is 7.90. The molecule has 1 aromatic carbocycles. The van der Waals surface area contributed by atoms with Crippen LogP contribution >= 0.6 is 0 Å². The molecule has 0 unspecified atom stereocenters.